The number of anilines is 2. The van der Waals surface area contributed by atoms with E-state index in [1.165, 1.54) is 18.4 Å². The Kier molecular flexibility index (Phi) is 6.36. The van der Waals surface area contributed by atoms with E-state index in [2.05, 4.69) is 37.8 Å². The Balaban J connectivity index is 1.40. The van der Waals surface area contributed by atoms with E-state index in [1.54, 1.807) is 6.07 Å². The number of aldehydes is 1. The topological polar surface area (TPSA) is 84.7 Å². The van der Waals surface area contributed by atoms with E-state index in [-0.39, 0.29) is 22.7 Å². The van der Waals surface area contributed by atoms with Crippen molar-refractivity contribution in [3.8, 4) is 22.6 Å². The van der Waals surface area contributed by atoms with Gasteiger partial charge in [-0.2, -0.15) is 4.98 Å². The van der Waals surface area contributed by atoms with Crippen LogP contribution in [0, 0.1) is 13.8 Å². The van der Waals surface area contributed by atoms with Gasteiger partial charge in [-0.3, -0.25) is 9.78 Å². The van der Waals surface area contributed by atoms with Gasteiger partial charge < -0.3 is 10.6 Å². The molecule has 2 aromatic heterocycles. The largest absolute Gasteiger partial charge is 0.322 e. The van der Waals surface area contributed by atoms with Gasteiger partial charge in [0.1, 0.15) is 6.29 Å². The van der Waals surface area contributed by atoms with E-state index < -0.39 is 0 Å². The van der Waals surface area contributed by atoms with Crippen molar-refractivity contribution in [2.24, 2.45) is 0 Å². The summed E-state index contributed by atoms with van der Waals surface area (Å²) < 4.78 is 14.7. The van der Waals surface area contributed by atoms with Crippen molar-refractivity contribution in [2.45, 2.75) is 45.6 Å². The molecule has 1 fully saturated rings. The second kappa shape index (κ2) is 9.62. The zero-order valence-corrected chi connectivity index (χ0v) is 20.8. The van der Waals surface area contributed by atoms with Crippen molar-refractivity contribution >= 4 is 17.9 Å². The molecule has 1 unspecified atom stereocenters. The molecular formula is C28H29FN6O. The lowest BCUT2D eigenvalue weighted by atomic mass is 9.98. The van der Waals surface area contributed by atoms with Crippen LogP contribution < -0.4 is 10.6 Å². The summed E-state index contributed by atoms with van der Waals surface area (Å²) in [5.41, 5.74) is 7.82. The Morgan fingerprint density at radius 1 is 1.11 bits per heavy atom. The van der Waals surface area contributed by atoms with Crippen LogP contribution in [0.4, 0.5) is 16.1 Å². The van der Waals surface area contributed by atoms with Gasteiger partial charge in [0.25, 0.3) is 5.95 Å². The third-order valence-corrected chi connectivity index (χ3v) is 6.87. The normalized spacial score (nSPS) is 14.0. The average Bonchev–Trinajstić information content (AvgIpc) is 3.67. The predicted octanol–water partition coefficient (Wildman–Crippen LogP) is 6.07. The van der Waals surface area contributed by atoms with E-state index in [0.29, 0.717) is 22.7 Å². The first-order valence-corrected chi connectivity index (χ1v) is 12.1. The van der Waals surface area contributed by atoms with Gasteiger partial charge in [0.05, 0.1) is 5.69 Å². The van der Waals surface area contributed by atoms with E-state index in [4.69, 9.17) is 0 Å². The van der Waals surface area contributed by atoms with Gasteiger partial charge >= 0.3 is 0 Å². The number of hydrogen-bond acceptors (Lipinski definition) is 6. The van der Waals surface area contributed by atoms with Crippen molar-refractivity contribution in [3.63, 3.8) is 0 Å². The van der Waals surface area contributed by atoms with E-state index in [9.17, 15) is 9.28 Å². The molecule has 0 saturated heterocycles. The fourth-order valence-corrected chi connectivity index (χ4v) is 4.44. The van der Waals surface area contributed by atoms with Gasteiger partial charge in [-0.25, -0.2) is 0 Å². The van der Waals surface area contributed by atoms with Crippen LogP contribution >= 0.6 is 0 Å². The third kappa shape index (κ3) is 4.64. The maximum Gasteiger partial charge on any atom is 0.258 e. The Hall–Kier alpha value is -3.91. The highest BCUT2D eigenvalue weighted by Gasteiger charge is 2.23. The first kappa shape index (κ1) is 23.8. The Bertz CT molecular complexity index is 1420. The number of carbonyl (C=O) groups is 1. The SMILES string of the molecule is CNC(C)c1cc(Nc2nc(-c3ccc(-c4ccc(C5CC5)cn4)c(C)c3)nn2F)c(C)cc1C=O. The van der Waals surface area contributed by atoms with Crippen LogP contribution in [0.15, 0.2) is 48.7 Å². The van der Waals surface area contributed by atoms with Gasteiger partial charge in [0.2, 0.25) is 0 Å². The minimum atomic E-state index is -0.0500. The lowest BCUT2D eigenvalue weighted by Crippen LogP contribution is -2.15. The molecule has 1 atom stereocenters. The van der Waals surface area contributed by atoms with Crippen LogP contribution in [0.5, 0.6) is 0 Å². The minimum Gasteiger partial charge on any atom is -0.322 e. The lowest BCUT2D eigenvalue weighted by Gasteiger charge is -2.17. The highest BCUT2D eigenvalue weighted by molar-refractivity contribution is 5.80. The lowest BCUT2D eigenvalue weighted by molar-refractivity contribution is 0.112. The summed E-state index contributed by atoms with van der Waals surface area (Å²) in [6.45, 7) is 5.82. The van der Waals surface area contributed by atoms with Crippen LogP contribution in [-0.2, 0) is 0 Å². The smallest absolute Gasteiger partial charge is 0.258 e. The van der Waals surface area contributed by atoms with Gasteiger partial charge in [-0.05, 0) is 93.1 Å². The van der Waals surface area contributed by atoms with Crippen molar-refractivity contribution in [1.29, 1.82) is 0 Å². The Morgan fingerprint density at radius 3 is 2.56 bits per heavy atom. The molecule has 0 amide bonds. The monoisotopic (exact) mass is 484 g/mol. The molecule has 0 spiro atoms. The quantitative estimate of drug-likeness (QED) is 0.295. The van der Waals surface area contributed by atoms with Crippen molar-refractivity contribution in [1.82, 2.24) is 25.3 Å². The number of hydrogen-bond donors (Lipinski definition) is 2. The van der Waals surface area contributed by atoms with Crippen molar-refractivity contribution in [3.05, 3.63) is 76.5 Å². The van der Waals surface area contributed by atoms with Crippen molar-refractivity contribution in [2.75, 3.05) is 12.4 Å². The maximum absolute atomic E-state index is 14.7. The van der Waals surface area contributed by atoms with Gasteiger partial charge in [0.15, 0.2) is 5.82 Å². The fraction of sp³-hybridized carbons (Fsp3) is 0.286. The summed E-state index contributed by atoms with van der Waals surface area (Å²) in [6, 6.07) is 13.6. The standard InChI is InChI=1S/C28H29FN6O/c1-16-11-20(7-9-23(16)25-10-8-21(14-31-25)19-5-6-19)27-33-28(35(29)34-27)32-26-13-24(18(3)30-4)22(15-36)12-17(26)2/h7-15,18-19,30H,5-6H2,1-4H3,(H,32,33,34). The molecule has 4 aromatic rings. The number of nitrogens with one attached hydrogen (secondary N) is 2. The number of benzene rings is 2. The number of nitrogens with zero attached hydrogens (tertiary/aromatic N) is 4. The molecule has 36 heavy (non-hydrogen) atoms. The number of aromatic nitrogens is 4. The molecule has 0 aliphatic heterocycles. The molecular weight excluding hydrogens is 455 g/mol. The third-order valence-electron chi connectivity index (χ3n) is 6.87. The fourth-order valence-electron chi connectivity index (χ4n) is 4.44. The molecule has 1 saturated carbocycles. The Morgan fingerprint density at radius 2 is 1.92 bits per heavy atom. The highest BCUT2D eigenvalue weighted by atomic mass is 19.2. The molecule has 2 N–H and O–H groups in total. The first-order valence-electron chi connectivity index (χ1n) is 12.1. The zero-order valence-electron chi connectivity index (χ0n) is 20.8. The molecule has 0 radical (unpaired) electrons. The summed E-state index contributed by atoms with van der Waals surface area (Å²) in [5, 5.41) is 10.2. The number of aryl methyl sites for hydroxylation is 2. The second-order valence-corrected chi connectivity index (χ2v) is 9.45. The summed E-state index contributed by atoms with van der Waals surface area (Å²) in [5.74, 6) is 0.913. The van der Waals surface area contributed by atoms with E-state index in [1.807, 2.05) is 58.3 Å². The average molecular weight is 485 g/mol. The molecule has 2 aromatic carbocycles. The predicted molar refractivity (Wildman–Crippen MR) is 139 cm³/mol. The van der Waals surface area contributed by atoms with E-state index >= 15 is 0 Å². The zero-order chi connectivity index (χ0) is 25.4. The molecule has 2 heterocycles. The van der Waals surface area contributed by atoms with Crippen molar-refractivity contribution < 1.29 is 9.28 Å². The van der Waals surface area contributed by atoms with Crippen LogP contribution in [0.1, 0.15) is 64.3 Å². The van der Waals surface area contributed by atoms with Gasteiger partial charge in [0, 0.05) is 34.6 Å². The highest BCUT2D eigenvalue weighted by Crippen LogP contribution is 2.40. The Labute approximate surface area is 209 Å². The van der Waals surface area contributed by atoms with Crippen LogP contribution in [-0.4, -0.2) is 33.3 Å². The number of halogens is 1. The molecule has 1 aliphatic rings. The van der Waals surface area contributed by atoms with Gasteiger partial charge in [-0.15, -0.1) is 5.10 Å². The molecule has 7 nitrogen and oxygen atoms in total. The maximum atomic E-state index is 14.7. The van der Waals surface area contributed by atoms with E-state index in [0.717, 1.165) is 34.2 Å². The summed E-state index contributed by atoms with van der Waals surface area (Å²) in [6.07, 6.45) is 5.30. The molecule has 8 heteroatoms. The number of pyridine rings is 1. The number of carbonyl (C=O) groups excluding carboxylic acids is 1. The van der Waals surface area contributed by atoms with Gasteiger partial charge in [-0.1, -0.05) is 27.6 Å². The molecule has 184 valence electrons. The summed E-state index contributed by atoms with van der Waals surface area (Å²) >= 11 is 0. The second-order valence-electron chi connectivity index (χ2n) is 9.45. The minimum absolute atomic E-state index is 0.0333. The number of rotatable bonds is 8. The molecule has 1 aliphatic carbocycles. The van der Waals surface area contributed by atoms with Crippen LogP contribution in [0.2, 0.25) is 0 Å². The first-order chi connectivity index (χ1) is 17.4. The summed E-state index contributed by atoms with van der Waals surface area (Å²) in [7, 11) is 1.82. The van der Waals surface area contributed by atoms with Crippen LogP contribution in [0.3, 0.4) is 0 Å². The molecule has 5 rings (SSSR count). The summed E-state index contributed by atoms with van der Waals surface area (Å²) in [4.78, 5) is 20.8. The van der Waals surface area contributed by atoms with Crippen LogP contribution in [0.25, 0.3) is 22.6 Å². The molecule has 0 bridgehead atoms.